The molecule has 1 fully saturated rings. The van der Waals surface area contributed by atoms with E-state index >= 15 is 0 Å². The molecular formula is C11H17BrN2. The zero-order valence-corrected chi connectivity index (χ0v) is 10.2. The number of nitrogens with zero attached hydrogens (tertiary/aromatic N) is 2. The van der Waals surface area contributed by atoms with E-state index in [0.717, 1.165) is 6.54 Å². The number of hydrogen-bond acceptors (Lipinski definition) is 1. The van der Waals surface area contributed by atoms with E-state index in [2.05, 4.69) is 38.6 Å². The average Bonchev–Trinajstić information content (AvgIpc) is 2.65. The van der Waals surface area contributed by atoms with Crippen molar-refractivity contribution >= 4 is 15.9 Å². The monoisotopic (exact) mass is 256 g/mol. The van der Waals surface area contributed by atoms with Crippen molar-refractivity contribution in [3.8, 4) is 0 Å². The number of imidazole rings is 1. The standard InChI is InChI=1S/C11H17BrN2/c1-2-14-7-6-13-11(14)9-4-3-5-10(12)8-9/h6-7,9-10H,2-5,8H2,1H3. The maximum Gasteiger partial charge on any atom is 0.111 e. The molecule has 2 atom stereocenters. The number of rotatable bonds is 2. The Labute approximate surface area is 93.9 Å². The van der Waals surface area contributed by atoms with Gasteiger partial charge in [-0.1, -0.05) is 22.4 Å². The molecule has 14 heavy (non-hydrogen) atoms. The molecule has 3 heteroatoms. The molecule has 1 saturated carbocycles. The van der Waals surface area contributed by atoms with E-state index in [4.69, 9.17) is 0 Å². The predicted octanol–water partition coefficient (Wildman–Crippen LogP) is 3.32. The van der Waals surface area contributed by atoms with Gasteiger partial charge in [-0.2, -0.15) is 0 Å². The number of aryl methyl sites for hydroxylation is 1. The smallest absolute Gasteiger partial charge is 0.111 e. The van der Waals surface area contributed by atoms with Gasteiger partial charge in [0.05, 0.1) is 0 Å². The fourth-order valence-electron chi connectivity index (χ4n) is 2.31. The zero-order valence-electron chi connectivity index (χ0n) is 8.62. The zero-order chi connectivity index (χ0) is 9.97. The lowest BCUT2D eigenvalue weighted by Gasteiger charge is -2.25. The summed E-state index contributed by atoms with van der Waals surface area (Å²) in [7, 11) is 0. The molecule has 2 unspecified atom stereocenters. The summed E-state index contributed by atoms with van der Waals surface area (Å²) in [5.41, 5.74) is 0. The molecule has 2 rings (SSSR count). The first-order chi connectivity index (χ1) is 6.81. The van der Waals surface area contributed by atoms with Gasteiger partial charge < -0.3 is 4.57 Å². The topological polar surface area (TPSA) is 17.8 Å². The highest BCUT2D eigenvalue weighted by Crippen LogP contribution is 2.35. The molecule has 0 aromatic carbocycles. The molecule has 0 amide bonds. The van der Waals surface area contributed by atoms with Gasteiger partial charge >= 0.3 is 0 Å². The van der Waals surface area contributed by atoms with Gasteiger partial charge in [0.15, 0.2) is 0 Å². The fourth-order valence-corrected chi connectivity index (χ4v) is 3.09. The molecule has 0 spiro atoms. The van der Waals surface area contributed by atoms with Crippen LogP contribution in [-0.2, 0) is 6.54 Å². The first kappa shape index (κ1) is 10.2. The second kappa shape index (κ2) is 4.47. The van der Waals surface area contributed by atoms with Gasteiger partial charge in [-0.05, 0) is 26.2 Å². The average molecular weight is 257 g/mol. The predicted molar refractivity (Wildman–Crippen MR) is 61.8 cm³/mol. The minimum Gasteiger partial charge on any atom is -0.335 e. The maximum absolute atomic E-state index is 4.49. The Hall–Kier alpha value is -0.310. The van der Waals surface area contributed by atoms with Crippen LogP contribution in [0.3, 0.4) is 0 Å². The summed E-state index contributed by atoms with van der Waals surface area (Å²) < 4.78 is 2.27. The highest BCUT2D eigenvalue weighted by molar-refractivity contribution is 9.09. The molecule has 78 valence electrons. The van der Waals surface area contributed by atoms with E-state index in [1.165, 1.54) is 31.5 Å². The first-order valence-electron chi connectivity index (χ1n) is 5.46. The molecule has 1 aromatic rings. The molecule has 1 aromatic heterocycles. The van der Waals surface area contributed by atoms with Crippen LogP contribution in [0.2, 0.25) is 0 Å². The summed E-state index contributed by atoms with van der Waals surface area (Å²) >= 11 is 3.72. The molecule has 1 aliphatic rings. The van der Waals surface area contributed by atoms with Crippen LogP contribution in [-0.4, -0.2) is 14.4 Å². The van der Waals surface area contributed by atoms with E-state index < -0.39 is 0 Å². The second-order valence-electron chi connectivity index (χ2n) is 4.03. The Morgan fingerprint density at radius 1 is 1.57 bits per heavy atom. The molecule has 1 aliphatic carbocycles. The third-order valence-corrected chi connectivity index (χ3v) is 3.90. The van der Waals surface area contributed by atoms with Crippen LogP contribution in [0, 0.1) is 0 Å². The number of aromatic nitrogens is 2. The Bertz CT molecular complexity index is 295. The van der Waals surface area contributed by atoms with E-state index in [1.54, 1.807) is 0 Å². The van der Waals surface area contributed by atoms with Gasteiger partial charge in [-0.3, -0.25) is 0 Å². The summed E-state index contributed by atoms with van der Waals surface area (Å²) in [6.45, 7) is 3.22. The number of hydrogen-bond donors (Lipinski definition) is 0. The highest BCUT2D eigenvalue weighted by atomic mass is 79.9. The Morgan fingerprint density at radius 3 is 3.14 bits per heavy atom. The summed E-state index contributed by atoms with van der Waals surface area (Å²) in [5.74, 6) is 1.96. The fraction of sp³-hybridized carbons (Fsp3) is 0.727. The van der Waals surface area contributed by atoms with Crippen LogP contribution in [0.1, 0.15) is 44.3 Å². The molecule has 0 N–H and O–H groups in total. The van der Waals surface area contributed by atoms with Gasteiger partial charge in [0, 0.05) is 29.7 Å². The number of halogens is 1. The van der Waals surface area contributed by atoms with Crippen LogP contribution < -0.4 is 0 Å². The first-order valence-corrected chi connectivity index (χ1v) is 6.38. The molecule has 0 saturated heterocycles. The van der Waals surface area contributed by atoms with E-state index in [1.807, 2.05) is 6.20 Å². The van der Waals surface area contributed by atoms with Crippen LogP contribution in [0.4, 0.5) is 0 Å². The van der Waals surface area contributed by atoms with Crippen molar-refractivity contribution in [3.05, 3.63) is 18.2 Å². The third-order valence-electron chi connectivity index (χ3n) is 3.06. The van der Waals surface area contributed by atoms with Gasteiger partial charge in [-0.25, -0.2) is 4.98 Å². The molecular weight excluding hydrogens is 240 g/mol. The van der Waals surface area contributed by atoms with E-state index in [0.29, 0.717) is 10.7 Å². The van der Waals surface area contributed by atoms with Crippen molar-refractivity contribution < 1.29 is 0 Å². The van der Waals surface area contributed by atoms with Gasteiger partial charge in [-0.15, -0.1) is 0 Å². The Morgan fingerprint density at radius 2 is 2.43 bits per heavy atom. The second-order valence-corrected chi connectivity index (χ2v) is 5.33. The molecule has 2 nitrogen and oxygen atoms in total. The van der Waals surface area contributed by atoms with Crippen molar-refractivity contribution in [3.63, 3.8) is 0 Å². The summed E-state index contributed by atoms with van der Waals surface area (Å²) in [6, 6.07) is 0. The third kappa shape index (κ3) is 2.02. The Kier molecular flexibility index (Phi) is 3.26. The summed E-state index contributed by atoms with van der Waals surface area (Å²) in [4.78, 5) is 5.18. The van der Waals surface area contributed by atoms with Crippen LogP contribution in [0.5, 0.6) is 0 Å². The van der Waals surface area contributed by atoms with Crippen LogP contribution in [0.15, 0.2) is 12.4 Å². The minimum absolute atomic E-state index is 0.670. The van der Waals surface area contributed by atoms with Crippen molar-refractivity contribution in [1.29, 1.82) is 0 Å². The minimum atomic E-state index is 0.670. The van der Waals surface area contributed by atoms with E-state index in [9.17, 15) is 0 Å². The SMILES string of the molecule is CCn1ccnc1C1CCCC(Br)C1. The lowest BCUT2D eigenvalue weighted by Crippen LogP contribution is -2.17. The van der Waals surface area contributed by atoms with Crippen molar-refractivity contribution in [1.82, 2.24) is 9.55 Å². The van der Waals surface area contributed by atoms with Crippen molar-refractivity contribution in [2.45, 2.75) is 49.9 Å². The van der Waals surface area contributed by atoms with Gasteiger partial charge in [0.2, 0.25) is 0 Å². The summed E-state index contributed by atoms with van der Waals surface area (Å²) in [5, 5.41) is 0. The van der Waals surface area contributed by atoms with Gasteiger partial charge in [0.25, 0.3) is 0 Å². The van der Waals surface area contributed by atoms with Crippen LogP contribution in [0.25, 0.3) is 0 Å². The van der Waals surface area contributed by atoms with Gasteiger partial charge in [0.1, 0.15) is 5.82 Å². The van der Waals surface area contributed by atoms with Crippen molar-refractivity contribution in [2.75, 3.05) is 0 Å². The lowest BCUT2D eigenvalue weighted by atomic mass is 9.88. The lowest BCUT2D eigenvalue weighted by molar-refractivity contribution is 0.429. The molecule has 1 heterocycles. The Balaban J connectivity index is 2.13. The highest BCUT2D eigenvalue weighted by Gasteiger charge is 2.24. The van der Waals surface area contributed by atoms with Crippen LogP contribution >= 0.6 is 15.9 Å². The van der Waals surface area contributed by atoms with E-state index in [-0.39, 0.29) is 0 Å². The number of alkyl halides is 1. The normalized spacial score (nSPS) is 27.9. The maximum atomic E-state index is 4.49. The molecule has 0 radical (unpaired) electrons. The summed E-state index contributed by atoms with van der Waals surface area (Å²) in [6.07, 6.45) is 9.22. The quantitative estimate of drug-likeness (QED) is 0.743. The molecule has 0 aliphatic heterocycles. The largest absolute Gasteiger partial charge is 0.335 e. The van der Waals surface area contributed by atoms with Crippen molar-refractivity contribution in [2.24, 2.45) is 0 Å². The molecule has 0 bridgehead atoms.